The molecule has 0 radical (unpaired) electrons. The van der Waals surface area contributed by atoms with Crippen molar-refractivity contribution < 1.29 is 17.9 Å². The first kappa shape index (κ1) is 13.7. The van der Waals surface area contributed by atoms with Crippen LogP contribution < -0.4 is 19.5 Å². The Labute approximate surface area is 118 Å². The zero-order chi connectivity index (χ0) is 14.0. The molecule has 0 amide bonds. The smallest absolute Gasteiger partial charge is 0.241 e. The Balaban J connectivity index is 1.83. The van der Waals surface area contributed by atoms with Crippen LogP contribution >= 0.6 is 0 Å². The Morgan fingerprint density at radius 3 is 2.75 bits per heavy atom. The summed E-state index contributed by atoms with van der Waals surface area (Å²) in [6.45, 7) is 2.64. The number of benzene rings is 1. The average molecular weight is 298 g/mol. The van der Waals surface area contributed by atoms with Crippen LogP contribution in [0, 0.1) is 0 Å². The molecule has 2 heterocycles. The second-order valence-corrected chi connectivity index (χ2v) is 6.68. The lowest BCUT2D eigenvalue weighted by molar-refractivity contribution is 0.297. The topological polar surface area (TPSA) is 76.7 Å². The van der Waals surface area contributed by atoms with Crippen LogP contribution in [0.25, 0.3) is 0 Å². The predicted octanol–water partition coefficient (Wildman–Crippen LogP) is 0.488. The van der Waals surface area contributed by atoms with Gasteiger partial charge < -0.3 is 14.8 Å². The molecule has 1 fully saturated rings. The first-order valence-corrected chi connectivity index (χ1v) is 8.26. The fraction of sp³-hybridized carbons (Fsp3) is 0.538. The molecular weight excluding hydrogens is 280 g/mol. The van der Waals surface area contributed by atoms with E-state index in [2.05, 4.69) is 10.0 Å². The normalized spacial score (nSPS) is 22.5. The summed E-state index contributed by atoms with van der Waals surface area (Å²) in [7, 11) is -3.51. The van der Waals surface area contributed by atoms with E-state index in [9.17, 15) is 8.42 Å². The molecule has 3 rings (SSSR count). The number of nitrogens with one attached hydrogen (secondary N) is 2. The van der Waals surface area contributed by atoms with Gasteiger partial charge in [-0.1, -0.05) is 0 Å². The Morgan fingerprint density at radius 1 is 1.20 bits per heavy atom. The number of hydrogen-bond acceptors (Lipinski definition) is 5. The molecule has 7 heteroatoms. The van der Waals surface area contributed by atoms with Crippen molar-refractivity contribution in [1.29, 1.82) is 0 Å². The molecule has 2 aliphatic rings. The molecule has 2 aliphatic heterocycles. The van der Waals surface area contributed by atoms with Gasteiger partial charge in [0.2, 0.25) is 10.0 Å². The maximum atomic E-state index is 12.3. The molecule has 1 saturated heterocycles. The van der Waals surface area contributed by atoms with E-state index in [1.54, 1.807) is 12.1 Å². The number of rotatable bonds is 3. The first-order valence-electron chi connectivity index (χ1n) is 6.78. The van der Waals surface area contributed by atoms with Gasteiger partial charge in [0, 0.05) is 25.1 Å². The number of fused-ring (bicyclic) bond motifs is 1. The second-order valence-electron chi connectivity index (χ2n) is 4.97. The van der Waals surface area contributed by atoms with Crippen molar-refractivity contribution in [2.75, 3.05) is 26.3 Å². The van der Waals surface area contributed by atoms with E-state index >= 15 is 0 Å². The lowest BCUT2D eigenvalue weighted by Gasteiger charge is -2.13. The molecule has 0 aliphatic carbocycles. The largest absolute Gasteiger partial charge is 0.490 e. The Bertz CT molecular complexity index is 582. The molecule has 0 spiro atoms. The van der Waals surface area contributed by atoms with E-state index in [1.807, 2.05) is 0 Å². The third-order valence-electron chi connectivity index (χ3n) is 3.41. The van der Waals surface area contributed by atoms with Crippen LogP contribution in [0.2, 0.25) is 0 Å². The quantitative estimate of drug-likeness (QED) is 0.849. The third-order valence-corrected chi connectivity index (χ3v) is 4.93. The van der Waals surface area contributed by atoms with Crippen molar-refractivity contribution in [1.82, 2.24) is 10.0 Å². The minimum Gasteiger partial charge on any atom is -0.490 e. The molecule has 20 heavy (non-hydrogen) atoms. The highest BCUT2D eigenvalue weighted by atomic mass is 32.2. The second kappa shape index (κ2) is 5.59. The van der Waals surface area contributed by atoms with Crippen LogP contribution in [0.1, 0.15) is 12.8 Å². The Kier molecular flexibility index (Phi) is 3.82. The number of hydrogen-bond donors (Lipinski definition) is 2. The zero-order valence-electron chi connectivity index (χ0n) is 11.1. The van der Waals surface area contributed by atoms with Gasteiger partial charge in [-0.15, -0.1) is 0 Å². The van der Waals surface area contributed by atoms with Gasteiger partial charge in [0.1, 0.15) is 0 Å². The van der Waals surface area contributed by atoms with Crippen LogP contribution in [0.3, 0.4) is 0 Å². The SMILES string of the molecule is O=S(=O)(NC1CCNC1)c1ccc2c(c1)OCCCO2. The molecule has 1 unspecified atom stereocenters. The van der Waals surface area contributed by atoms with Crippen molar-refractivity contribution in [3.8, 4) is 11.5 Å². The van der Waals surface area contributed by atoms with Gasteiger partial charge in [-0.25, -0.2) is 13.1 Å². The average Bonchev–Trinajstić information content (AvgIpc) is 2.80. The van der Waals surface area contributed by atoms with Crippen LogP contribution in [0.5, 0.6) is 11.5 Å². The van der Waals surface area contributed by atoms with Gasteiger partial charge in [-0.2, -0.15) is 0 Å². The molecule has 110 valence electrons. The van der Waals surface area contributed by atoms with Crippen LogP contribution in [0.15, 0.2) is 23.1 Å². The van der Waals surface area contributed by atoms with Gasteiger partial charge in [-0.05, 0) is 25.1 Å². The van der Waals surface area contributed by atoms with Crippen molar-refractivity contribution in [3.05, 3.63) is 18.2 Å². The van der Waals surface area contributed by atoms with E-state index in [4.69, 9.17) is 9.47 Å². The van der Waals surface area contributed by atoms with Crippen LogP contribution in [-0.4, -0.2) is 40.8 Å². The van der Waals surface area contributed by atoms with Gasteiger partial charge in [0.05, 0.1) is 18.1 Å². The van der Waals surface area contributed by atoms with Gasteiger partial charge in [0.15, 0.2) is 11.5 Å². The summed E-state index contributed by atoms with van der Waals surface area (Å²) < 4.78 is 38.4. The number of ether oxygens (including phenoxy) is 2. The monoisotopic (exact) mass is 298 g/mol. The fourth-order valence-corrected chi connectivity index (χ4v) is 3.64. The first-order chi connectivity index (χ1) is 9.65. The molecule has 1 aromatic rings. The van der Waals surface area contributed by atoms with E-state index in [1.165, 1.54) is 6.07 Å². The molecule has 1 atom stereocenters. The minimum atomic E-state index is -3.51. The third kappa shape index (κ3) is 2.89. The fourth-order valence-electron chi connectivity index (χ4n) is 2.35. The molecule has 1 aromatic carbocycles. The highest BCUT2D eigenvalue weighted by molar-refractivity contribution is 7.89. The molecule has 2 N–H and O–H groups in total. The molecular formula is C13H18N2O4S. The lowest BCUT2D eigenvalue weighted by Crippen LogP contribution is -2.36. The minimum absolute atomic E-state index is 0.0454. The summed E-state index contributed by atoms with van der Waals surface area (Å²) in [5.74, 6) is 1.10. The number of sulfonamides is 1. The summed E-state index contributed by atoms with van der Waals surface area (Å²) in [5, 5.41) is 3.13. The highest BCUT2D eigenvalue weighted by Crippen LogP contribution is 2.31. The van der Waals surface area contributed by atoms with Gasteiger partial charge in [0.25, 0.3) is 0 Å². The molecule has 6 nitrogen and oxygen atoms in total. The molecule has 0 aromatic heterocycles. The summed E-state index contributed by atoms with van der Waals surface area (Å²) >= 11 is 0. The van der Waals surface area contributed by atoms with E-state index in [0.717, 1.165) is 19.4 Å². The van der Waals surface area contributed by atoms with Crippen molar-refractivity contribution in [2.24, 2.45) is 0 Å². The summed E-state index contributed by atoms with van der Waals surface area (Å²) in [4.78, 5) is 0.216. The predicted molar refractivity (Wildman–Crippen MR) is 73.6 cm³/mol. The lowest BCUT2D eigenvalue weighted by atomic mass is 10.3. The highest BCUT2D eigenvalue weighted by Gasteiger charge is 2.24. The van der Waals surface area contributed by atoms with E-state index in [0.29, 0.717) is 31.3 Å². The maximum Gasteiger partial charge on any atom is 0.241 e. The van der Waals surface area contributed by atoms with Crippen molar-refractivity contribution >= 4 is 10.0 Å². The zero-order valence-corrected chi connectivity index (χ0v) is 11.9. The summed E-state index contributed by atoms with van der Waals surface area (Å²) in [6.07, 6.45) is 1.60. The maximum absolute atomic E-state index is 12.3. The Morgan fingerprint density at radius 2 is 2.00 bits per heavy atom. The van der Waals surface area contributed by atoms with E-state index in [-0.39, 0.29) is 10.9 Å². The van der Waals surface area contributed by atoms with Crippen molar-refractivity contribution in [3.63, 3.8) is 0 Å². The van der Waals surface area contributed by atoms with Gasteiger partial charge >= 0.3 is 0 Å². The molecule has 0 saturated carbocycles. The van der Waals surface area contributed by atoms with E-state index < -0.39 is 10.0 Å². The summed E-state index contributed by atoms with van der Waals surface area (Å²) in [5.41, 5.74) is 0. The van der Waals surface area contributed by atoms with Crippen molar-refractivity contribution in [2.45, 2.75) is 23.8 Å². The van der Waals surface area contributed by atoms with Crippen LogP contribution in [-0.2, 0) is 10.0 Å². The van der Waals surface area contributed by atoms with Gasteiger partial charge in [-0.3, -0.25) is 0 Å². The van der Waals surface area contributed by atoms with Crippen LogP contribution in [0.4, 0.5) is 0 Å². The molecule has 0 bridgehead atoms. The standard InChI is InChI=1S/C13H18N2O4S/c16-20(17,15-10-4-5-14-9-10)11-2-3-12-13(8-11)19-7-1-6-18-12/h2-3,8,10,14-15H,1,4-7,9H2. The Hall–Kier alpha value is -1.31. The summed E-state index contributed by atoms with van der Waals surface area (Å²) in [6, 6.07) is 4.70.